The third-order valence-electron chi connectivity index (χ3n) is 2.74. The predicted molar refractivity (Wildman–Crippen MR) is 81.0 cm³/mol. The van der Waals surface area contributed by atoms with Crippen molar-refractivity contribution in [3.63, 3.8) is 0 Å². The molecule has 0 saturated heterocycles. The molecule has 0 bridgehead atoms. The Hall–Kier alpha value is -1.83. The number of thioether (sulfide) groups is 1. The Morgan fingerprint density at radius 3 is 2.70 bits per heavy atom. The second-order valence-corrected chi connectivity index (χ2v) is 5.09. The van der Waals surface area contributed by atoms with Gasteiger partial charge in [-0.3, -0.25) is 0 Å². The van der Waals surface area contributed by atoms with Crippen LogP contribution < -0.4 is 10.6 Å². The molecule has 20 heavy (non-hydrogen) atoms. The number of nitrogens with one attached hydrogen (secondary N) is 2. The molecule has 2 rings (SSSR count). The Kier molecular flexibility index (Phi) is 4.78. The van der Waals surface area contributed by atoms with Crippen LogP contribution in [0.1, 0.15) is 25.7 Å². The monoisotopic (exact) mass is 293 g/mol. The lowest BCUT2D eigenvalue weighted by molar-refractivity contribution is 0.714. The highest BCUT2D eigenvalue weighted by molar-refractivity contribution is 7.98. The molecule has 1 unspecified atom stereocenters. The van der Waals surface area contributed by atoms with E-state index in [4.69, 9.17) is 0 Å². The van der Waals surface area contributed by atoms with Crippen LogP contribution in [0.25, 0.3) is 0 Å². The topological polar surface area (TPSA) is 80.5 Å². The van der Waals surface area contributed by atoms with Crippen LogP contribution >= 0.6 is 11.8 Å². The van der Waals surface area contributed by atoms with E-state index in [2.05, 4.69) is 30.8 Å². The van der Waals surface area contributed by atoms with Crippen molar-refractivity contribution in [1.29, 1.82) is 0 Å². The lowest BCUT2D eigenvalue weighted by Crippen LogP contribution is -2.13. The van der Waals surface area contributed by atoms with E-state index in [1.165, 1.54) is 11.8 Å². The third-order valence-corrected chi connectivity index (χ3v) is 3.29. The van der Waals surface area contributed by atoms with Gasteiger partial charge in [0.25, 0.3) is 0 Å². The van der Waals surface area contributed by atoms with Crippen molar-refractivity contribution in [1.82, 2.24) is 24.7 Å². The standard InChI is InChI=1S/C12H19N7S/c1-5-13-9-6-10(17-12(16-9)20-4)15-8(2)11-18-14-7-19(11)3/h6-8H,5H2,1-4H3,(H2,13,15,16,17). The Morgan fingerprint density at radius 2 is 2.10 bits per heavy atom. The second kappa shape index (κ2) is 6.56. The highest BCUT2D eigenvalue weighted by Gasteiger charge is 2.13. The average molecular weight is 293 g/mol. The molecule has 2 aromatic rings. The molecule has 2 heterocycles. The number of anilines is 2. The van der Waals surface area contributed by atoms with E-state index in [9.17, 15) is 0 Å². The van der Waals surface area contributed by atoms with Gasteiger partial charge >= 0.3 is 0 Å². The average Bonchev–Trinajstić information content (AvgIpc) is 2.85. The van der Waals surface area contributed by atoms with Crippen LogP contribution in [0.15, 0.2) is 17.6 Å². The fraction of sp³-hybridized carbons (Fsp3) is 0.500. The predicted octanol–water partition coefficient (Wildman–Crippen LogP) is 1.93. The zero-order chi connectivity index (χ0) is 14.5. The Bertz CT molecular complexity index is 569. The number of hydrogen-bond donors (Lipinski definition) is 2. The SMILES string of the molecule is CCNc1cc(NC(C)c2nncn2C)nc(SC)n1. The van der Waals surface area contributed by atoms with Gasteiger partial charge in [0.05, 0.1) is 6.04 Å². The van der Waals surface area contributed by atoms with Crippen molar-refractivity contribution < 1.29 is 0 Å². The van der Waals surface area contributed by atoms with Crippen LogP contribution in [0.2, 0.25) is 0 Å². The van der Waals surface area contributed by atoms with E-state index >= 15 is 0 Å². The van der Waals surface area contributed by atoms with Crippen LogP contribution in [-0.2, 0) is 7.05 Å². The molecule has 0 amide bonds. The molecule has 7 nitrogen and oxygen atoms in total. The summed E-state index contributed by atoms with van der Waals surface area (Å²) >= 11 is 1.52. The van der Waals surface area contributed by atoms with E-state index in [-0.39, 0.29) is 6.04 Å². The van der Waals surface area contributed by atoms with Gasteiger partial charge in [-0.05, 0) is 20.1 Å². The summed E-state index contributed by atoms with van der Waals surface area (Å²) in [4.78, 5) is 8.85. The van der Waals surface area contributed by atoms with E-state index < -0.39 is 0 Å². The Labute approximate surface area is 122 Å². The first kappa shape index (κ1) is 14.6. The summed E-state index contributed by atoms with van der Waals surface area (Å²) in [7, 11) is 1.92. The summed E-state index contributed by atoms with van der Waals surface area (Å²) in [6, 6.07) is 1.91. The zero-order valence-electron chi connectivity index (χ0n) is 12.1. The minimum absolute atomic E-state index is 0.0154. The molecule has 108 valence electrons. The van der Waals surface area contributed by atoms with Gasteiger partial charge in [0.1, 0.15) is 18.0 Å². The first-order valence-corrected chi connectivity index (χ1v) is 7.64. The molecule has 2 N–H and O–H groups in total. The lowest BCUT2D eigenvalue weighted by atomic mass is 10.3. The number of rotatable bonds is 6. The molecule has 0 spiro atoms. The van der Waals surface area contributed by atoms with E-state index in [0.29, 0.717) is 0 Å². The quantitative estimate of drug-likeness (QED) is 0.622. The number of hydrogen-bond acceptors (Lipinski definition) is 7. The van der Waals surface area contributed by atoms with Crippen LogP contribution in [0, 0.1) is 0 Å². The smallest absolute Gasteiger partial charge is 0.191 e. The van der Waals surface area contributed by atoms with Crippen LogP contribution in [0.5, 0.6) is 0 Å². The zero-order valence-corrected chi connectivity index (χ0v) is 12.9. The maximum atomic E-state index is 4.46. The molecule has 1 atom stereocenters. The van der Waals surface area contributed by atoms with Crippen molar-refractivity contribution in [3.8, 4) is 0 Å². The molecule has 0 aliphatic heterocycles. The first-order chi connectivity index (χ1) is 9.63. The number of nitrogens with zero attached hydrogens (tertiary/aromatic N) is 5. The van der Waals surface area contributed by atoms with Crippen LogP contribution in [-0.4, -0.2) is 37.5 Å². The molecule has 0 aromatic carbocycles. The number of aryl methyl sites for hydroxylation is 1. The van der Waals surface area contributed by atoms with Crippen LogP contribution in [0.3, 0.4) is 0 Å². The summed E-state index contributed by atoms with van der Waals surface area (Å²) in [6.07, 6.45) is 3.64. The van der Waals surface area contributed by atoms with Gasteiger partial charge in [0, 0.05) is 19.7 Å². The van der Waals surface area contributed by atoms with Gasteiger partial charge in [-0.25, -0.2) is 9.97 Å². The van der Waals surface area contributed by atoms with Crippen molar-refractivity contribution in [3.05, 3.63) is 18.2 Å². The summed E-state index contributed by atoms with van der Waals surface area (Å²) in [5, 5.41) is 15.3. The van der Waals surface area contributed by atoms with Crippen LogP contribution in [0.4, 0.5) is 11.6 Å². The van der Waals surface area contributed by atoms with Gasteiger partial charge in [-0.1, -0.05) is 11.8 Å². The molecule has 0 radical (unpaired) electrons. The van der Waals surface area contributed by atoms with Gasteiger partial charge in [-0.15, -0.1) is 10.2 Å². The summed E-state index contributed by atoms with van der Waals surface area (Å²) < 4.78 is 1.89. The van der Waals surface area contributed by atoms with Crippen molar-refractivity contribution in [2.45, 2.75) is 25.0 Å². The molecule has 0 aliphatic rings. The second-order valence-electron chi connectivity index (χ2n) is 4.32. The minimum Gasteiger partial charge on any atom is -0.370 e. The highest BCUT2D eigenvalue weighted by Crippen LogP contribution is 2.21. The maximum absolute atomic E-state index is 4.46. The van der Waals surface area contributed by atoms with Gasteiger partial charge in [-0.2, -0.15) is 0 Å². The number of aromatic nitrogens is 5. The van der Waals surface area contributed by atoms with Gasteiger partial charge in [0.15, 0.2) is 11.0 Å². The van der Waals surface area contributed by atoms with Crippen molar-refractivity contribution >= 4 is 23.4 Å². The Morgan fingerprint density at radius 1 is 1.35 bits per heavy atom. The first-order valence-electron chi connectivity index (χ1n) is 6.41. The molecule has 0 fully saturated rings. The lowest BCUT2D eigenvalue weighted by Gasteiger charge is -2.15. The summed E-state index contributed by atoms with van der Waals surface area (Å²) in [5.41, 5.74) is 0. The van der Waals surface area contributed by atoms with Gasteiger partial charge in [0.2, 0.25) is 0 Å². The Balaban J connectivity index is 2.19. The molecule has 2 aromatic heterocycles. The normalized spacial score (nSPS) is 12.2. The van der Waals surface area contributed by atoms with E-state index in [0.717, 1.165) is 29.2 Å². The largest absolute Gasteiger partial charge is 0.370 e. The van der Waals surface area contributed by atoms with Crippen molar-refractivity contribution in [2.24, 2.45) is 7.05 Å². The van der Waals surface area contributed by atoms with E-state index in [1.807, 2.05) is 37.8 Å². The van der Waals surface area contributed by atoms with Crippen molar-refractivity contribution in [2.75, 3.05) is 23.4 Å². The molecular weight excluding hydrogens is 274 g/mol. The minimum atomic E-state index is 0.0154. The fourth-order valence-electron chi connectivity index (χ4n) is 1.83. The summed E-state index contributed by atoms with van der Waals surface area (Å²) in [6.45, 7) is 4.89. The third kappa shape index (κ3) is 3.38. The van der Waals surface area contributed by atoms with Gasteiger partial charge < -0.3 is 15.2 Å². The molecule has 8 heteroatoms. The molecule has 0 saturated carbocycles. The van der Waals surface area contributed by atoms with E-state index in [1.54, 1.807) is 6.33 Å². The fourth-order valence-corrected chi connectivity index (χ4v) is 2.21. The highest BCUT2D eigenvalue weighted by atomic mass is 32.2. The molecular formula is C12H19N7S. The summed E-state index contributed by atoms with van der Waals surface area (Å²) in [5.74, 6) is 2.45. The maximum Gasteiger partial charge on any atom is 0.191 e. The molecule has 0 aliphatic carbocycles.